The molecular weight excluding hydrogens is 146 g/mol. The molecule has 0 atom stereocenters. The van der Waals surface area contributed by atoms with E-state index in [1.165, 1.54) is 0 Å². The zero-order valence-corrected chi connectivity index (χ0v) is 5.86. The van der Waals surface area contributed by atoms with E-state index >= 15 is 0 Å². The molecule has 0 unspecified atom stereocenters. The van der Waals surface area contributed by atoms with Crippen molar-refractivity contribution < 1.29 is 17.4 Å². The van der Waals surface area contributed by atoms with Crippen molar-refractivity contribution in [3.8, 4) is 0 Å². The van der Waals surface area contributed by atoms with Gasteiger partial charge in [-0.25, -0.2) is 8.22 Å². The van der Waals surface area contributed by atoms with Gasteiger partial charge in [-0.1, -0.05) is 6.58 Å². The van der Waals surface area contributed by atoms with Crippen molar-refractivity contribution in [1.29, 1.82) is 0 Å². The molecule has 0 aliphatic carbocycles. The fourth-order valence-electron chi connectivity index (χ4n) is 0.233. The zero-order chi connectivity index (χ0) is 7.49. The van der Waals surface area contributed by atoms with Crippen LogP contribution in [0.15, 0.2) is 12.3 Å². The summed E-state index contributed by atoms with van der Waals surface area (Å²) in [4.78, 5) is 9.90. The van der Waals surface area contributed by atoms with E-state index < -0.39 is 15.0 Å². The van der Waals surface area contributed by atoms with Crippen LogP contribution in [0, 0.1) is 0 Å². The van der Waals surface area contributed by atoms with Gasteiger partial charge in [-0.05, 0) is 5.70 Å². The van der Waals surface area contributed by atoms with Crippen LogP contribution in [0.5, 0.6) is 0 Å². The van der Waals surface area contributed by atoms with E-state index in [1.807, 2.05) is 0 Å². The van der Waals surface area contributed by atoms with Crippen LogP contribution in [0.4, 0.5) is 8.22 Å². The Morgan fingerprint density at radius 3 is 2.33 bits per heavy atom. The van der Waals surface area contributed by atoms with Crippen LogP contribution < -0.4 is 0 Å². The van der Waals surface area contributed by atoms with Crippen molar-refractivity contribution in [2.45, 2.75) is 6.92 Å². The van der Waals surface area contributed by atoms with E-state index in [1.54, 1.807) is 0 Å². The summed E-state index contributed by atoms with van der Waals surface area (Å²) in [6, 6.07) is 0. The third-order valence-corrected chi connectivity index (χ3v) is 1.55. The minimum Gasteiger partial charge on any atom is -0.465 e. The Bertz CT molecular complexity index is 135. The zero-order valence-electron chi connectivity index (χ0n) is 4.86. The molecule has 0 N–H and O–H groups in total. The third kappa shape index (κ3) is 3.84. The fourth-order valence-corrected chi connectivity index (χ4v) is 0.700. The second kappa shape index (κ2) is 2.72. The highest BCUT2D eigenvalue weighted by Gasteiger charge is 2.37. The normalized spacial score (nSPS) is 10.6. The monoisotopic (exact) mass is 152 g/mol. The fraction of sp³-hybridized carbons (Fsp3) is 0.250. The summed E-state index contributed by atoms with van der Waals surface area (Å²) in [6.45, 7) is 3.75. The Hall–Kier alpha value is -0.713. The number of carbonyl (C=O) groups excluding carboxylic acids is 1. The lowest BCUT2D eigenvalue weighted by Crippen LogP contribution is -2.27. The first-order valence-corrected chi connectivity index (χ1v) is 3.93. The van der Waals surface area contributed by atoms with Gasteiger partial charge in [-0.2, -0.15) is 0 Å². The molecule has 0 aromatic rings. The van der Waals surface area contributed by atoms with E-state index in [0.717, 1.165) is 6.92 Å². The number of halogens is 2. The van der Waals surface area contributed by atoms with Crippen LogP contribution >= 0.6 is 0 Å². The molecule has 5 heteroatoms. The highest BCUT2D eigenvalue weighted by molar-refractivity contribution is 6.66. The van der Waals surface area contributed by atoms with Crippen molar-refractivity contribution in [2.75, 3.05) is 0 Å². The van der Waals surface area contributed by atoms with Crippen LogP contribution in [0.2, 0.25) is 0 Å². The van der Waals surface area contributed by atoms with Crippen LogP contribution in [0.3, 0.4) is 0 Å². The molecule has 0 rings (SSSR count). The maximum atomic E-state index is 12.0. The van der Waals surface area contributed by atoms with Crippen molar-refractivity contribution in [1.82, 2.24) is 0 Å². The molecular formula is C4H6F2O2Si. The van der Waals surface area contributed by atoms with Gasteiger partial charge in [0.2, 0.25) is 0 Å². The molecule has 0 aromatic heterocycles. The Morgan fingerprint density at radius 1 is 1.78 bits per heavy atom. The molecule has 0 heterocycles. The van der Waals surface area contributed by atoms with Gasteiger partial charge in [0.1, 0.15) is 0 Å². The summed E-state index contributed by atoms with van der Waals surface area (Å²) in [5.74, 6) is -0.966. The topological polar surface area (TPSA) is 26.3 Å². The second-order valence-corrected chi connectivity index (χ2v) is 3.10. The minimum absolute atomic E-state index is 0.397. The Labute approximate surface area is 52.6 Å². The molecule has 0 aliphatic heterocycles. The first-order valence-electron chi connectivity index (χ1n) is 2.19. The van der Waals surface area contributed by atoms with Gasteiger partial charge in [0.05, 0.1) is 0 Å². The predicted molar refractivity (Wildman–Crippen MR) is 29.9 cm³/mol. The Kier molecular flexibility index (Phi) is 2.51. The van der Waals surface area contributed by atoms with Gasteiger partial charge in [-0.15, -0.1) is 0 Å². The van der Waals surface area contributed by atoms with Crippen molar-refractivity contribution >= 4 is 15.0 Å². The number of carbonyl (C=O) groups is 1. The smallest absolute Gasteiger partial charge is 0.465 e. The number of hydrogen-bond donors (Lipinski definition) is 0. The van der Waals surface area contributed by atoms with Gasteiger partial charge in [-0.3, -0.25) is 4.79 Å². The molecule has 9 heavy (non-hydrogen) atoms. The molecule has 2 nitrogen and oxygen atoms in total. The number of rotatable bonds is 2. The van der Waals surface area contributed by atoms with Gasteiger partial charge in [0, 0.05) is 6.92 Å². The van der Waals surface area contributed by atoms with Crippen LogP contribution in [0.1, 0.15) is 6.92 Å². The summed E-state index contributed by atoms with van der Waals surface area (Å²) in [6.07, 6.45) is 0. The standard InChI is InChI=1S/C4H6F2O2Si/c1-3-9(5,6)8-4(2)7/h3H,1H2,2H3. The molecule has 0 saturated carbocycles. The average Bonchev–Trinajstić information content (AvgIpc) is 1.63. The number of hydrogen-bond acceptors (Lipinski definition) is 2. The van der Waals surface area contributed by atoms with E-state index in [-0.39, 0.29) is 0 Å². The average molecular weight is 152 g/mol. The summed E-state index contributed by atoms with van der Waals surface area (Å²) >= 11 is 0. The lowest BCUT2D eigenvalue weighted by atomic mass is 10.9. The molecule has 0 spiro atoms. The maximum Gasteiger partial charge on any atom is 0.674 e. The quantitative estimate of drug-likeness (QED) is 0.438. The maximum absolute atomic E-state index is 12.0. The third-order valence-electron chi connectivity index (χ3n) is 0.517. The van der Waals surface area contributed by atoms with E-state index in [2.05, 4.69) is 11.0 Å². The lowest BCUT2D eigenvalue weighted by molar-refractivity contribution is -0.133. The van der Waals surface area contributed by atoms with E-state index in [4.69, 9.17) is 0 Å². The van der Waals surface area contributed by atoms with Crippen molar-refractivity contribution in [3.63, 3.8) is 0 Å². The van der Waals surface area contributed by atoms with Crippen LogP contribution in [0.25, 0.3) is 0 Å². The molecule has 0 bridgehead atoms. The van der Waals surface area contributed by atoms with Gasteiger partial charge < -0.3 is 4.43 Å². The lowest BCUT2D eigenvalue weighted by Gasteiger charge is -2.04. The minimum atomic E-state index is -4.83. The second-order valence-electron chi connectivity index (χ2n) is 1.36. The van der Waals surface area contributed by atoms with E-state index in [9.17, 15) is 13.0 Å². The van der Waals surface area contributed by atoms with E-state index in [0.29, 0.717) is 5.70 Å². The highest BCUT2D eigenvalue weighted by atomic mass is 28.4. The highest BCUT2D eigenvalue weighted by Crippen LogP contribution is 2.08. The summed E-state index contributed by atoms with van der Waals surface area (Å²) in [7, 11) is -4.83. The molecule has 52 valence electrons. The van der Waals surface area contributed by atoms with Gasteiger partial charge in [0.15, 0.2) is 0 Å². The Morgan fingerprint density at radius 2 is 2.22 bits per heavy atom. The molecule has 0 radical (unpaired) electrons. The molecule has 0 aromatic carbocycles. The van der Waals surface area contributed by atoms with Crippen LogP contribution in [-0.2, 0) is 9.22 Å². The van der Waals surface area contributed by atoms with Crippen molar-refractivity contribution in [3.05, 3.63) is 12.3 Å². The first kappa shape index (κ1) is 8.29. The first-order chi connectivity index (χ1) is 3.98. The van der Waals surface area contributed by atoms with Gasteiger partial charge >= 0.3 is 8.99 Å². The summed E-state index contributed by atoms with van der Waals surface area (Å²) in [5, 5.41) is 0. The Balaban J connectivity index is 3.86. The summed E-state index contributed by atoms with van der Waals surface area (Å²) < 4.78 is 27.6. The predicted octanol–water partition coefficient (Wildman–Crippen LogP) is 1.15. The largest absolute Gasteiger partial charge is 0.674 e. The molecule has 0 fully saturated rings. The molecule has 0 saturated heterocycles. The van der Waals surface area contributed by atoms with Crippen LogP contribution in [-0.4, -0.2) is 15.0 Å². The van der Waals surface area contributed by atoms with Crippen molar-refractivity contribution in [2.24, 2.45) is 0 Å². The summed E-state index contributed by atoms with van der Waals surface area (Å²) in [5.41, 5.74) is 0.397. The molecule has 0 amide bonds. The van der Waals surface area contributed by atoms with Gasteiger partial charge in [0.25, 0.3) is 5.97 Å². The molecule has 0 aliphatic rings. The SMILES string of the molecule is C=C[Si](F)(F)OC(C)=O.